The van der Waals surface area contributed by atoms with E-state index >= 15 is 0 Å². The predicted molar refractivity (Wildman–Crippen MR) is 157 cm³/mol. The lowest BCUT2D eigenvalue weighted by Crippen LogP contribution is -2.46. The molecule has 1 aliphatic heterocycles. The molecule has 4 aromatic rings. The van der Waals surface area contributed by atoms with Gasteiger partial charge in [0.2, 0.25) is 11.9 Å². The molecule has 0 radical (unpaired) electrons. The summed E-state index contributed by atoms with van der Waals surface area (Å²) in [6.45, 7) is 1.16. The SMILES string of the molecule is COc1cc([C@@H]2CCN(CC(N)=O)C[C@@H]2O)ccc1Nc1ncc2ccc(-c3ccccc3NCS(C)(=O)=O)n2n1. The highest BCUT2D eigenvalue weighted by Gasteiger charge is 2.30. The van der Waals surface area contributed by atoms with Gasteiger partial charge < -0.3 is 26.2 Å². The number of ether oxygens (including phenoxy) is 1. The highest BCUT2D eigenvalue weighted by atomic mass is 32.2. The van der Waals surface area contributed by atoms with E-state index in [1.54, 1.807) is 17.8 Å². The normalized spacial score (nSPS) is 17.8. The van der Waals surface area contributed by atoms with Crippen molar-refractivity contribution in [2.75, 3.05) is 49.5 Å². The molecule has 5 rings (SSSR count). The van der Waals surface area contributed by atoms with Gasteiger partial charge in [0.15, 0.2) is 9.84 Å². The van der Waals surface area contributed by atoms with E-state index in [9.17, 15) is 18.3 Å². The van der Waals surface area contributed by atoms with Crippen molar-refractivity contribution < 1.29 is 23.1 Å². The van der Waals surface area contributed by atoms with Crippen LogP contribution in [0, 0.1) is 0 Å². The number of benzene rings is 2. The Labute approximate surface area is 238 Å². The number of nitrogens with zero attached hydrogens (tertiary/aromatic N) is 4. The second-order valence-corrected chi connectivity index (χ2v) is 12.3. The van der Waals surface area contributed by atoms with E-state index in [1.807, 2.05) is 59.5 Å². The smallest absolute Gasteiger partial charge is 0.245 e. The van der Waals surface area contributed by atoms with Crippen LogP contribution < -0.4 is 21.1 Å². The molecule has 0 spiro atoms. The first-order valence-electron chi connectivity index (χ1n) is 13.1. The number of piperidine rings is 1. The van der Waals surface area contributed by atoms with Crippen molar-refractivity contribution in [1.82, 2.24) is 19.5 Å². The van der Waals surface area contributed by atoms with Gasteiger partial charge in [-0.1, -0.05) is 24.3 Å². The number of hydrogen-bond donors (Lipinski definition) is 4. The van der Waals surface area contributed by atoms with Crippen LogP contribution in [-0.2, 0) is 14.6 Å². The number of aliphatic hydroxyl groups is 1. The van der Waals surface area contributed by atoms with Gasteiger partial charge in [-0.25, -0.2) is 17.9 Å². The molecule has 13 heteroatoms. The molecule has 0 aliphatic carbocycles. The number of fused-ring (bicyclic) bond motifs is 1. The number of nitrogens with one attached hydrogen (secondary N) is 2. The number of hydrogen-bond acceptors (Lipinski definition) is 10. The minimum absolute atomic E-state index is 0.103. The molecule has 0 saturated carbocycles. The Hall–Kier alpha value is -4.20. The first-order valence-corrected chi connectivity index (χ1v) is 15.2. The summed E-state index contributed by atoms with van der Waals surface area (Å²) >= 11 is 0. The fourth-order valence-electron chi connectivity index (χ4n) is 5.14. The van der Waals surface area contributed by atoms with Gasteiger partial charge in [-0.3, -0.25) is 9.69 Å². The minimum Gasteiger partial charge on any atom is -0.495 e. The fraction of sp³-hybridized carbons (Fsp3) is 0.321. The van der Waals surface area contributed by atoms with E-state index in [0.29, 0.717) is 42.6 Å². The number of likely N-dealkylation sites (tertiary alicyclic amines) is 1. The van der Waals surface area contributed by atoms with Crippen LogP contribution >= 0.6 is 0 Å². The number of sulfone groups is 1. The molecule has 1 saturated heterocycles. The number of primary amides is 1. The fourth-order valence-corrected chi connectivity index (χ4v) is 5.56. The summed E-state index contributed by atoms with van der Waals surface area (Å²) in [5.74, 6) is 0.207. The molecule has 1 amide bonds. The van der Waals surface area contributed by atoms with Crippen molar-refractivity contribution >= 4 is 38.6 Å². The minimum atomic E-state index is -3.22. The number of rotatable bonds is 10. The Bertz CT molecular complexity index is 1670. The van der Waals surface area contributed by atoms with Crippen LogP contribution in [-0.4, -0.2) is 83.9 Å². The monoisotopic (exact) mass is 579 g/mol. The third-order valence-electron chi connectivity index (χ3n) is 7.07. The maximum absolute atomic E-state index is 11.7. The number of methoxy groups -OCH3 is 1. The highest BCUT2D eigenvalue weighted by Crippen LogP contribution is 2.35. The Balaban J connectivity index is 1.38. The molecule has 2 aromatic carbocycles. The van der Waals surface area contributed by atoms with E-state index in [1.165, 1.54) is 6.26 Å². The number of nitrogens with two attached hydrogens (primary N) is 1. The number of aliphatic hydroxyl groups excluding tert-OH is 1. The number of anilines is 3. The van der Waals surface area contributed by atoms with Gasteiger partial charge in [-0.2, -0.15) is 0 Å². The lowest BCUT2D eigenvalue weighted by atomic mass is 9.87. The Morgan fingerprint density at radius 2 is 1.98 bits per heavy atom. The molecule has 1 fully saturated rings. The van der Waals surface area contributed by atoms with Crippen molar-refractivity contribution in [2.45, 2.75) is 18.4 Å². The van der Waals surface area contributed by atoms with Crippen LogP contribution in [0.3, 0.4) is 0 Å². The highest BCUT2D eigenvalue weighted by molar-refractivity contribution is 7.90. The molecule has 216 valence electrons. The molecule has 2 atom stereocenters. The van der Waals surface area contributed by atoms with Gasteiger partial charge in [-0.05, 0) is 48.9 Å². The molecule has 0 unspecified atom stereocenters. The molecular formula is C28H33N7O5S. The number of amides is 1. The van der Waals surface area contributed by atoms with E-state index in [4.69, 9.17) is 15.6 Å². The zero-order chi connectivity index (χ0) is 29.1. The van der Waals surface area contributed by atoms with Crippen LogP contribution in [0.25, 0.3) is 16.8 Å². The second kappa shape index (κ2) is 11.7. The van der Waals surface area contributed by atoms with Gasteiger partial charge in [0.1, 0.15) is 11.6 Å². The Morgan fingerprint density at radius 1 is 1.17 bits per heavy atom. The number of carbonyl (C=O) groups excluding carboxylic acids is 1. The Morgan fingerprint density at radius 3 is 2.71 bits per heavy atom. The summed E-state index contributed by atoms with van der Waals surface area (Å²) in [5.41, 5.74) is 9.89. The van der Waals surface area contributed by atoms with Gasteiger partial charge >= 0.3 is 0 Å². The van der Waals surface area contributed by atoms with Crippen LogP contribution in [0.2, 0.25) is 0 Å². The molecule has 1 aliphatic rings. The first kappa shape index (κ1) is 28.3. The van der Waals surface area contributed by atoms with Gasteiger partial charge in [0, 0.05) is 30.0 Å². The van der Waals surface area contributed by atoms with E-state index in [2.05, 4.69) is 15.6 Å². The van der Waals surface area contributed by atoms with Crippen molar-refractivity contribution in [2.24, 2.45) is 5.73 Å². The van der Waals surface area contributed by atoms with E-state index in [0.717, 1.165) is 22.3 Å². The molecule has 2 aromatic heterocycles. The second-order valence-electron chi connectivity index (χ2n) is 10.2. The number of aromatic nitrogens is 3. The van der Waals surface area contributed by atoms with E-state index in [-0.39, 0.29) is 18.3 Å². The quantitative estimate of drug-likeness (QED) is 0.219. The predicted octanol–water partition coefficient (Wildman–Crippen LogP) is 2.20. The van der Waals surface area contributed by atoms with Crippen molar-refractivity contribution in [3.63, 3.8) is 0 Å². The number of β-amino-alcohol motifs (C(OH)–C–C–N with tert-alkyl or cyclic N) is 1. The topological polar surface area (TPSA) is 164 Å². The number of carbonyl (C=O) groups is 1. The summed E-state index contributed by atoms with van der Waals surface area (Å²) in [7, 11) is -1.64. The van der Waals surface area contributed by atoms with Crippen LogP contribution in [0.1, 0.15) is 17.9 Å². The number of para-hydroxylation sites is 1. The van der Waals surface area contributed by atoms with Crippen LogP contribution in [0.15, 0.2) is 60.8 Å². The molecule has 12 nitrogen and oxygen atoms in total. The summed E-state index contributed by atoms with van der Waals surface area (Å²) in [4.78, 5) is 17.6. The first-order chi connectivity index (χ1) is 19.6. The van der Waals surface area contributed by atoms with Crippen LogP contribution in [0.4, 0.5) is 17.3 Å². The van der Waals surface area contributed by atoms with Crippen molar-refractivity contribution in [3.8, 4) is 17.0 Å². The van der Waals surface area contributed by atoms with Gasteiger partial charge in [0.25, 0.3) is 0 Å². The summed E-state index contributed by atoms with van der Waals surface area (Å²) in [5, 5.41) is 21.7. The molecule has 41 heavy (non-hydrogen) atoms. The molecular weight excluding hydrogens is 546 g/mol. The van der Waals surface area contributed by atoms with Crippen molar-refractivity contribution in [1.29, 1.82) is 0 Å². The summed E-state index contributed by atoms with van der Waals surface area (Å²) < 4.78 is 30.8. The van der Waals surface area contributed by atoms with Crippen LogP contribution in [0.5, 0.6) is 5.75 Å². The Kier molecular flexibility index (Phi) is 8.10. The lowest BCUT2D eigenvalue weighted by molar-refractivity contribution is -0.119. The third-order valence-corrected chi connectivity index (χ3v) is 7.74. The maximum Gasteiger partial charge on any atom is 0.245 e. The maximum atomic E-state index is 11.7. The van der Waals surface area contributed by atoms with Gasteiger partial charge in [-0.15, -0.1) is 5.10 Å². The van der Waals surface area contributed by atoms with Gasteiger partial charge in [0.05, 0.1) is 42.9 Å². The summed E-state index contributed by atoms with van der Waals surface area (Å²) in [6.07, 6.45) is 2.92. The van der Waals surface area contributed by atoms with E-state index < -0.39 is 21.8 Å². The molecule has 5 N–H and O–H groups in total. The average molecular weight is 580 g/mol. The van der Waals surface area contributed by atoms with Crippen molar-refractivity contribution in [3.05, 3.63) is 66.4 Å². The third kappa shape index (κ3) is 6.59. The molecule has 3 heterocycles. The molecule has 0 bridgehead atoms. The zero-order valence-electron chi connectivity index (χ0n) is 22.8. The summed E-state index contributed by atoms with van der Waals surface area (Å²) in [6, 6.07) is 16.9. The standard InChI is InChI=1S/C28H33N7O5S/c1-40-26-13-18(20-11-12-34(15-25(20)36)16-27(29)37)7-9-23(26)32-28-30-14-19-8-10-24(35(19)33-28)21-5-3-4-6-22(21)31-17-41(2,38)39/h3-10,13-14,20,25,31,36H,11-12,15-17H2,1-2H3,(H2,29,37)(H,32,33)/t20-,25-/m0/s1. The largest absolute Gasteiger partial charge is 0.495 e. The zero-order valence-corrected chi connectivity index (χ0v) is 23.6. The average Bonchev–Trinajstić information content (AvgIpc) is 3.35. The lowest BCUT2D eigenvalue weighted by Gasteiger charge is -2.35.